The highest BCUT2D eigenvalue weighted by atomic mass is 32.1. The van der Waals surface area contributed by atoms with Gasteiger partial charge < -0.3 is 20.3 Å². The molecule has 0 radical (unpaired) electrons. The lowest BCUT2D eigenvalue weighted by atomic mass is 10.1. The van der Waals surface area contributed by atoms with Gasteiger partial charge in [-0.15, -0.1) is 0 Å². The number of halogens is 1. The smallest absolute Gasteiger partial charge is 0.188 e. The van der Waals surface area contributed by atoms with Crippen LogP contribution in [0.1, 0.15) is 12.8 Å². The summed E-state index contributed by atoms with van der Waals surface area (Å²) in [5.74, 6) is 0.665. The molecule has 2 saturated heterocycles. The van der Waals surface area contributed by atoms with Crippen molar-refractivity contribution >= 4 is 38.3 Å². The van der Waals surface area contributed by atoms with Crippen LogP contribution in [0.2, 0.25) is 0 Å². The molecule has 8 heteroatoms. The number of morpholine rings is 1. The SMILES string of the molecule is Nc1cc2sc(N3CCOCC3)nc2nc1N1CCC[C@H](F)C1. The first-order valence-electron chi connectivity index (χ1n) is 7.99. The summed E-state index contributed by atoms with van der Waals surface area (Å²) in [6.45, 7) is 4.30. The molecule has 2 aliphatic heterocycles. The maximum atomic E-state index is 13.7. The monoisotopic (exact) mass is 337 g/mol. The summed E-state index contributed by atoms with van der Waals surface area (Å²) in [5, 5.41) is 0.953. The average molecular weight is 337 g/mol. The van der Waals surface area contributed by atoms with Gasteiger partial charge in [0.25, 0.3) is 0 Å². The first-order valence-corrected chi connectivity index (χ1v) is 8.81. The van der Waals surface area contributed by atoms with E-state index in [1.165, 1.54) is 0 Å². The van der Waals surface area contributed by atoms with Gasteiger partial charge in [-0.3, -0.25) is 0 Å². The zero-order valence-electron chi connectivity index (χ0n) is 12.9. The molecule has 2 aromatic rings. The molecule has 23 heavy (non-hydrogen) atoms. The van der Waals surface area contributed by atoms with Gasteiger partial charge in [-0.05, 0) is 18.9 Å². The van der Waals surface area contributed by atoms with Crippen molar-refractivity contribution in [2.24, 2.45) is 0 Å². The van der Waals surface area contributed by atoms with E-state index in [0.29, 0.717) is 30.1 Å². The standard InChI is InChI=1S/C15H20FN5OS/c16-10-2-1-3-21(9-10)14-11(17)8-12-13(18-14)19-15(23-12)20-4-6-22-7-5-20/h8,10H,1-7,9,17H2/t10-/m0/s1. The number of alkyl halides is 1. The maximum Gasteiger partial charge on any atom is 0.188 e. The highest BCUT2D eigenvalue weighted by molar-refractivity contribution is 7.22. The minimum atomic E-state index is -0.806. The van der Waals surface area contributed by atoms with Crippen molar-refractivity contribution < 1.29 is 9.13 Å². The normalized spacial score (nSPS) is 22.7. The van der Waals surface area contributed by atoms with Gasteiger partial charge in [-0.25, -0.2) is 9.37 Å². The van der Waals surface area contributed by atoms with Crippen molar-refractivity contribution in [2.75, 3.05) is 54.9 Å². The molecule has 4 rings (SSSR count). The zero-order valence-corrected chi connectivity index (χ0v) is 13.7. The largest absolute Gasteiger partial charge is 0.396 e. The summed E-state index contributed by atoms with van der Waals surface area (Å²) >= 11 is 1.60. The Labute approximate surface area is 138 Å². The number of nitrogens with two attached hydrogens (primary N) is 1. The molecule has 0 amide bonds. The maximum absolute atomic E-state index is 13.7. The highest BCUT2D eigenvalue weighted by Gasteiger charge is 2.23. The van der Waals surface area contributed by atoms with Crippen molar-refractivity contribution in [3.8, 4) is 0 Å². The fraction of sp³-hybridized carbons (Fsp3) is 0.600. The van der Waals surface area contributed by atoms with Gasteiger partial charge in [0.15, 0.2) is 16.6 Å². The minimum absolute atomic E-state index is 0.364. The molecule has 0 spiro atoms. The summed E-state index contributed by atoms with van der Waals surface area (Å²) in [4.78, 5) is 13.4. The van der Waals surface area contributed by atoms with Gasteiger partial charge in [0.2, 0.25) is 0 Å². The van der Waals surface area contributed by atoms with Crippen LogP contribution in [0.5, 0.6) is 0 Å². The van der Waals surface area contributed by atoms with E-state index in [1.54, 1.807) is 11.3 Å². The van der Waals surface area contributed by atoms with Crippen LogP contribution in [0.15, 0.2) is 6.07 Å². The van der Waals surface area contributed by atoms with E-state index in [9.17, 15) is 4.39 Å². The number of fused-ring (bicyclic) bond motifs is 1. The molecule has 6 nitrogen and oxygen atoms in total. The van der Waals surface area contributed by atoms with E-state index in [0.717, 1.165) is 49.1 Å². The lowest BCUT2D eigenvalue weighted by Gasteiger charge is -2.30. The Hall–Kier alpha value is -1.67. The van der Waals surface area contributed by atoms with Gasteiger partial charge in [0, 0.05) is 19.6 Å². The van der Waals surface area contributed by atoms with E-state index in [4.69, 9.17) is 10.5 Å². The third kappa shape index (κ3) is 2.92. The molecular weight excluding hydrogens is 317 g/mol. The lowest BCUT2D eigenvalue weighted by Crippen LogP contribution is -2.37. The predicted molar refractivity (Wildman–Crippen MR) is 91.2 cm³/mol. The number of pyridine rings is 1. The van der Waals surface area contributed by atoms with Gasteiger partial charge in [0.1, 0.15) is 6.17 Å². The van der Waals surface area contributed by atoms with Crippen molar-refractivity contribution in [3.63, 3.8) is 0 Å². The second-order valence-corrected chi connectivity index (χ2v) is 7.01. The summed E-state index contributed by atoms with van der Waals surface area (Å²) in [6.07, 6.45) is 0.646. The third-order valence-corrected chi connectivity index (χ3v) is 5.38. The molecule has 0 aliphatic carbocycles. The average Bonchev–Trinajstić information content (AvgIpc) is 2.97. The molecule has 0 saturated carbocycles. The van der Waals surface area contributed by atoms with Crippen molar-refractivity contribution in [1.82, 2.24) is 9.97 Å². The molecule has 1 atom stereocenters. The number of aromatic nitrogens is 2. The fourth-order valence-corrected chi connectivity index (χ4v) is 4.13. The molecule has 4 heterocycles. The molecule has 2 N–H and O–H groups in total. The van der Waals surface area contributed by atoms with Crippen LogP contribution in [0.3, 0.4) is 0 Å². The first kappa shape index (κ1) is 14.9. The third-order valence-electron chi connectivity index (χ3n) is 4.32. The predicted octanol–water partition coefficient (Wildman–Crippen LogP) is 2.05. The van der Waals surface area contributed by atoms with Crippen molar-refractivity contribution in [1.29, 1.82) is 0 Å². The first-order chi connectivity index (χ1) is 11.2. The van der Waals surface area contributed by atoms with Crippen LogP contribution in [-0.4, -0.2) is 55.5 Å². The Morgan fingerprint density at radius 1 is 1.22 bits per heavy atom. The van der Waals surface area contributed by atoms with Gasteiger partial charge >= 0.3 is 0 Å². The molecule has 0 unspecified atom stereocenters. The molecule has 0 bridgehead atoms. The number of ether oxygens (including phenoxy) is 1. The Kier molecular flexibility index (Phi) is 3.94. The number of rotatable bonds is 2. The minimum Gasteiger partial charge on any atom is -0.396 e. The summed E-state index contributed by atoms with van der Waals surface area (Å²) in [6, 6.07) is 1.92. The van der Waals surface area contributed by atoms with E-state index >= 15 is 0 Å². The Morgan fingerprint density at radius 3 is 2.83 bits per heavy atom. The highest BCUT2D eigenvalue weighted by Crippen LogP contribution is 2.34. The Bertz CT molecular complexity index is 702. The number of nitrogens with zero attached hydrogens (tertiary/aromatic N) is 4. The van der Waals surface area contributed by atoms with E-state index in [2.05, 4.69) is 14.9 Å². The number of hydrogen-bond donors (Lipinski definition) is 1. The molecular formula is C15H20FN5OS. The van der Waals surface area contributed by atoms with Crippen LogP contribution in [0.25, 0.3) is 10.3 Å². The molecule has 2 aliphatic rings. The number of nitrogen functional groups attached to an aromatic ring is 1. The Morgan fingerprint density at radius 2 is 2.04 bits per heavy atom. The molecule has 2 fully saturated rings. The summed E-state index contributed by atoms with van der Waals surface area (Å²) in [7, 11) is 0. The summed E-state index contributed by atoms with van der Waals surface area (Å²) in [5.41, 5.74) is 7.47. The van der Waals surface area contributed by atoms with Crippen LogP contribution in [0, 0.1) is 0 Å². The molecule has 2 aromatic heterocycles. The molecule has 124 valence electrons. The zero-order chi connectivity index (χ0) is 15.8. The molecule has 0 aromatic carbocycles. The van der Waals surface area contributed by atoms with Gasteiger partial charge in [-0.1, -0.05) is 11.3 Å². The van der Waals surface area contributed by atoms with Crippen LogP contribution >= 0.6 is 11.3 Å². The topological polar surface area (TPSA) is 67.5 Å². The Balaban J connectivity index is 1.66. The summed E-state index contributed by atoms with van der Waals surface area (Å²) < 4.78 is 20.0. The number of hydrogen-bond acceptors (Lipinski definition) is 7. The lowest BCUT2D eigenvalue weighted by molar-refractivity contribution is 0.122. The number of thiazole rings is 1. The number of piperidine rings is 1. The van der Waals surface area contributed by atoms with Gasteiger partial charge in [0.05, 0.1) is 30.1 Å². The van der Waals surface area contributed by atoms with Crippen LogP contribution < -0.4 is 15.5 Å². The number of anilines is 3. The second-order valence-electron chi connectivity index (χ2n) is 6.00. The van der Waals surface area contributed by atoms with Crippen LogP contribution in [-0.2, 0) is 4.74 Å². The van der Waals surface area contributed by atoms with Crippen molar-refractivity contribution in [3.05, 3.63) is 6.07 Å². The van der Waals surface area contributed by atoms with Gasteiger partial charge in [-0.2, -0.15) is 4.98 Å². The van der Waals surface area contributed by atoms with E-state index < -0.39 is 6.17 Å². The van der Waals surface area contributed by atoms with Crippen LogP contribution in [0.4, 0.5) is 21.0 Å². The second kappa shape index (κ2) is 6.09. The van der Waals surface area contributed by atoms with E-state index in [-0.39, 0.29) is 0 Å². The quantitative estimate of drug-likeness (QED) is 0.905. The van der Waals surface area contributed by atoms with Crippen molar-refractivity contribution in [2.45, 2.75) is 19.0 Å². The fourth-order valence-electron chi connectivity index (χ4n) is 3.12. The van der Waals surface area contributed by atoms with E-state index in [1.807, 2.05) is 11.0 Å².